The fourth-order valence-electron chi connectivity index (χ4n) is 2.44. The van der Waals surface area contributed by atoms with E-state index in [4.69, 9.17) is 4.42 Å². The summed E-state index contributed by atoms with van der Waals surface area (Å²) in [5.41, 5.74) is 3.70. The van der Waals surface area contributed by atoms with Crippen molar-refractivity contribution in [1.29, 1.82) is 0 Å². The highest BCUT2D eigenvalue weighted by molar-refractivity contribution is 5.79. The van der Waals surface area contributed by atoms with Gasteiger partial charge in [0.15, 0.2) is 0 Å². The summed E-state index contributed by atoms with van der Waals surface area (Å²) in [5, 5.41) is 7.53. The average molecular weight is 282 g/mol. The number of aryl methyl sites for hydroxylation is 1. The van der Waals surface area contributed by atoms with Crippen molar-refractivity contribution in [3.05, 3.63) is 63.3 Å². The molecule has 0 saturated carbocycles. The van der Waals surface area contributed by atoms with Crippen molar-refractivity contribution in [1.82, 2.24) is 10.2 Å². The predicted molar refractivity (Wildman–Crippen MR) is 82.7 cm³/mol. The lowest BCUT2D eigenvalue weighted by molar-refractivity contribution is 0.561. The molecule has 1 aromatic carbocycles. The molecule has 4 heteroatoms. The molecule has 3 aromatic rings. The van der Waals surface area contributed by atoms with E-state index in [-0.39, 0.29) is 5.56 Å². The minimum Gasteiger partial charge on any atom is -0.461 e. The van der Waals surface area contributed by atoms with E-state index in [0.717, 1.165) is 28.0 Å². The van der Waals surface area contributed by atoms with Crippen LogP contribution < -0.4 is 5.56 Å². The van der Waals surface area contributed by atoms with Gasteiger partial charge >= 0.3 is 0 Å². The fraction of sp³-hybridized carbons (Fsp3) is 0.294. The van der Waals surface area contributed by atoms with Crippen LogP contribution in [0.25, 0.3) is 11.0 Å². The van der Waals surface area contributed by atoms with Gasteiger partial charge < -0.3 is 4.42 Å². The monoisotopic (exact) mass is 282 g/mol. The number of benzene rings is 1. The summed E-state index contributed by atoms with van der Waals surface area (Å²) in [6, 6.07) is 9.89. The molecule has 0 aliphatic carbocycles. The van der Waals surface area contributed by atoms with Gasteiger partial charge in [-0.15, -0.1) is 0 Å². The molecule has 0 aliphatic rings. The second kappa shape index (κ2) is 5.20. The number of furan rings is 1. The Morgan fingerprint density at radius 1 is 1.24 bits per heavy atom. The SMILES string of the molecule is Cc1n[nH]c(=O)cc1Cc1cc2cc(C(C)C)ccc2o1. The first-order chi connectivity index (χ1) is 10.0. The van der Waals surface area contributed by atoms with Crippen LogP contribution in [0.15, 0.2) is 39.5 Å². The average Bonchev–Trinajstić information content (AvgIpc) is 2.84. The van der Waals surface area contributed by atoms with Crippen molar-refractivity contribution in [2.24, 2.45) is 0 Å². The lowest BCUT2D eigenvalue weighted by Crippen LogP contribution is -2.10. The molecule has 0 unspecified atom stereocenters. The van der Waals surface area contributed by atoms with Gasteiger partial charge in [0.25, 0.3) is 5.56 Å². The molecule has 0 fully saturated rings. The Morgan fingerprint density at radius 2 is 2.05 bits per heavy atom. The Labute approximate surface area is 122 Å². The number of aromatic amines is 1. The van der Waals surface area contributed by atoms with Crippen LogP contribution in [-0.2, 0) is 6.42 Å². The van der Waals surface area contributed by atoms with E-state index in [2.05, 4.69) is 36.2 Å². The maximum absolute atomic E-state index is 11.4. The molecular formula is C17H18N2O2. The highest BCUT2D eigenvalue weighted by atomic mass is 16.3. The third-order valence-electron chi connectivity index (χ3n) is 3.73. The van der Waals surface area contributed by atoms with Crippen molar-refractivity contribution >= 4 is 11.0 Å². The largest absolute Gasteiger partial charge is 0.461 e. The van der Waals surface area contributed by atoms with E-state index in [0.29, 0.717) is 12.3 Å². The summed E-state index contributed by atoms with van der Waals surface area (Å²) in [5.74, 6) is 1.34. The van der Waals surface area contributed by atoms with Crippen molar-refractivity contribution in [3.8, 4) is 0 Å². The summed E-state index contributed by atoms with van der Waals surface area (Å²) < 4.78 is 5.86. The van der Waals surface area contributed by atoms with E-state index in [1.807, 2.05) is 19.1 Å². The van der Waals surface area contributed by atoms with Gasteiger partial charge in [-0.25, -0.2) is 5.10 Å². The van der Waals surface area contributed by atoms with Gasteiger partial charge in [0, 0.05) is 17.9 Å². The van der Waals surface area contributed by atoms with Crippen LogP contribution in [0.3, 0.4) is 0 Å². The van der Waals surface area contributed by atoms with Crippen molar-refractivity contribution in [3.63, 3.8) is 0 Å². The molecule has 0 atom stereocenters. The molecule has 2 heterocycles. The molecule has 0 spiro atoms. The minimum atomic E-state index is -0.186. The van der Waals surface area contributed by atoms with Gasteiger partial charge in [0.05, 0.1) is 5.69 Å². The Bertz CT molecular complexity index is 843. The van der Waals surface area contributed by atoms with Gasteiger partial charge in [-0.2, -0.15) is 5.10 Å². The summed E-state index contributed by atoms with van der Waals surface area (Å²) >= 11 is 0. The van der Waals surface area contributed by atoms with E-state index >= 15 is 0 Å². The number of hydrogen-bond donors (Lipinski definition) is 1. The molecular weight excluding hydrogens is 264 g/mol. The van der Waals surface area contributed by atoms with Gasteiger partial charge in [-0.3, -0.25) is 4.79 Å². The molecule has 21 heavy (non-hydrogen) atoms. The van der Waals surface area contributed by atoms with E-state index in [1.54, 1.807) is 6.07 Å². The number of fused-ring (bicyclic) bond motifs is 1. The van der Waals surface area contributed by atoms with Gasteiger partial charge in [-0.1, -0.05) is 19.9 Å². The second-order valence-electron chi connectivity index (χ2n) is 5.68. The van der Waals surface area contributed by atoms with Crippen LogP contribution in [0.4, 0.5) is 0 Å². The molecule has 1 N–H and O–H groups in total. The first kappa shape index (κ1) is 13.6. The van der Waals surface area contributed by atoms with E-state index in [9.17, 15) is 4.79 Å². The maximum Gasteiger partial charge on any atom is 0.264 e. The Hall–Kier alpha value is -2.36. The van der Waals surface area contributed by atoms with Crippen molar-refractivity contribution < 1.29 is 4.42 Å². The standard InChI is InChI=1S/C17H18N2O2/c1-10(2)12-4-5-16-14(6-12)8-15(21-16)7-13-9-17(20)19-18-11(13)3/h4-6,8-10H,7H2,1-3H3,(H,19,20). The molecule has 0 saturated heterocycles. The lowest BCUT2D eigenvalue weighted by Gasteiger charge is -2.03. The molecule has 2 aromatic heterocycles. The zero-order valence-electron chi connectivity index (χ0n) is 12.4. The number of hydrogen-bond acceptors (Lipinski definition) is 3. The summed E-state index contributed by atoms with van der Waals surface area (Å²) in [7, 11) is 0. The predicted octanol–water partition coefficient (Wildman–Crippen LogP) is 3.54. The van der Waals surface area contributed by atoms with Crippen LogP contribution in [0.5, 0.6) is 0 Å². The van der Waals surface area contributed by atoms with Crippen LogP contribution in [0.2, 0.25) is 0 Å². The van der Waals surface area contributed by atoms with Crippen LogP contribution >= 0.6 is 0 Å². The summed E-state index contributed by atoms with van der Waals surface area (Å²) in [4.78, 5) is 11.4. The minimum absolute atomic E-state index is 0.186. The Balaban J connectivity index is 1.97. The van der Waals surface area contributed by atoms with Crippen LogP contribution in [0.1, 0.15) is 42.3 Å². The quantitative estimate of drug-likeness (QED) is 0.799. The molecule has 0 radical (unpaired) electrons. The van der Waals surface area contributed by atoms with Gasteiger partial charge in [0.1, 0.15) is 11.3 Å². The van der Waals surface area contributed by atoms with E-state index in [1.165, 1.54) is 5.56 Å². The highest BCUT2D eigenvalue weighted by Gasteiger charge is 2.09. The zero-order valence-corrected chi connectivity index (χ0v) is 12.4. The van der Waals surface area contributed by atoms with Crippen molar-refractivity contribution in [2.75, 3.05) is 0 Å². The molecule has 108 valence electrons. The van der Waals surface area contributed by atoms with Crippen LogP contribution in [-0.4, -0.2) is 10.2 Å². The number of H-pyrrole nitrogens is 1. The topological polar surface area (TPSA) is 58.9 Å². The molecule has 0 amide bonds. The third kappa shape index (κ3) is 2.75. The number of rotatable bonds is 3. The lowest BCUT2D eigenvalue weighted by atomic mass is 10.0. The normalized spacial score (nSPS) is 11.4. The molecule has 0 aliphatic heterocycles. The zero-order chi connectivity index (χ0) is 15.0. The molecule has 4 nitrogen and oxygen atoms in total. The highest BCUT2D eigenvalue weighted by Crippen LogP contribution is 2.25. The maximum atomic E-state index is 11.4. The first-order valence-electron chi connectivity index (χ1n) is 7.10. The smallest absolute Gasteiger partial charge is 0.264 e. The first-order valence-corrected chi connectivity index (χ1v) is 7.10. The van der Waals surface area contributed by atoms with Gasteiger partial charge in [0.2, 0.25) is 0 Å². The fourth-order valence-corrected chi connectivity index (χ4v) is 2.44. The van der Waals surface area contributed by atoms with Gasteiger partial charge in [-0.05, 0) is 42.2 Å². The summed E-state index contributed by atoms with van der Waals surface area (Å²) in [6.07, 6.45) is 0.578. The number of nitrogens with one attached hydrogen (secondary N) is 1. The Morgan fingerprint density at radius 3 is 2.81 bits per heavy atom. The number of aromatic nitrogens is 2. The number of nitrogens with zero attached hydrogens (tertiary/aromatic N) is 1. The third-order valence-corrected chi connectivity index (χ3v) is 3.73. The Kier molecular flexibility index (Phi) is 3.37. The van der Waals surface area contributed by atoms with Crippen molar-refractivity contribution in [2.45, 2.75) is 33.1 Å². The van der Waals surface area contributed by atoms with E-state index < -0.39 is 0 Å². The van der Waals surface area contributed by atoms with Crippen LogP contribution in [0, 0.1) is 6.92 Å². The second-order valence-corrected chi connectivity index (χ2v) is 5.68. The summed E-state index contributed by atoms with van der Waals surface area (Å²) in [6.45, 7) is 6.23. The molecule has 0 bridgehead atoms. The molecule has 3 rings (SSSR count).